The van der Waals surface area contributed by atoms with E-state index in [1.807, 2.05) is 31.4 Å². The van der Waals surface area contributed by atoms with E-state index in [9.17, 15) is 4.79 Å². The molecule has 0 spiro atoms. The number of thioether (sulfide) groups is 1. The van der Waals surface area contributed by atoms with Gasteiger partial charge in [-0.15, -0.1) is 10.2 Å². The first kappa shape index (κ1) is 24.9. The molecular weight excluding hydrogens is 412 g/mol. The molecule has 31 heavy (non-hydrogen) atoms. The average Bonchev–Trinajstić information content (AvgIpc) is 2.78. The van der Waals surface area contributed by atoms with Gasteiger partial charge in [0.05, 0.1) is 19.4 Å². The largest absolute Gasteiger partial charge is 0.490 e. The minimum Gasteiger partial charge on any atom is -0.490 e. The molecule has 2 rings (SSSR count). The summed E-state index contributed by atoms with van der Waals surface area (Å²) in [6, 6.07) is 5.66. The van der Waals surface area contributed by atoms with Crippen LogP contribution in [0.2, 0.25) is 0 Å². The van der Waals surface area contributed by atoms with E-state index in [0.717, 1.165) is 17.7 Å². The Morgan fingerprint density at radius 3 is 2.48 bits per heavy atom. The zero-order valence-electron chi connectivity index (χ0n) is 19.1. The first-order valence-corrected chi connectivity index (χ1v) is 12.3. The van der Waals surface area contributed by atoms with Crippen molar-refractivity contribution in [3.63, 3.8) is 0 Å². The second kappa shape index (κ2) is 13.9. The smallest absolute Gasteiger partial charge is 0.296 e. The molecule has 0 N–H and O–H groups in total. The molecule has 0 saturated heterocycles. The molecule has 7 nitrogen and oxygen atoms in total. The molecule has 0 aliphatic heterocycles. The Hall–Kier alpha value is -2.35. The molecule has 0 saturated carbocycles. The van der Waals surface area contributed by atoms with Gasteiger partial charge in [-0.1, -0.05) is 57.2 Å². The molecule has 0 atom stereocenters. The maximum Gasteiger partial charge on any atom is 0.296 e. The molecule has 1 aromatic carbocycles. The maximum atomic E-state index is 12.3. The van der Waals surface area contributed by atoms with Crippen LogP contribution in [0.3, 0.4) is 0 Å². The molecule has 0 fully saturated rings. The van der Waals surface area contributed by atoms with E-state index in [1.165, 1.54) is 55.0 Å². The molecule has 0 unspecified atom stereocenters. The Morgan fingerprint density at radius 1 is 1.03 bits per heavy atom. The van der Waals surface area contributed by atoms with Gasteiger partial charge in [0.2, 0.25) is 5.16 Å². The third-order valence-electron chi connectivity index (χ3n) is 4.75. The van der Waals surface area contributed by atoms with E-state index in [4.69, 9.17) is 9.47 Å². The number of aromatic nitrogens is 3. The topological polar surface area (TPSA) is 78.6 Å². The van der Waals surface area contributed by atoms with E-state index >= 15 is 0 Å². The molecule has 2 aromatic rings. The van der Waals surface area contributed by atoms with Crippen molar-refractivity contribution >= 4 is 18.0 Å². The van der Waals surface area contributed by atoms with Crippen LogP contribution in [0.15, 0.2) is 33.3 Å². The summed E-state index contributed by atoms with van der Waals surface area (Å²) in [5, 5.41) is 12.6. The molecule has 1 aromatic heterocycles. The van der Waals surface area contributed by atoms with E-state index < -0.39 is 0 Å². The lowest BCUT2D eigenvalue weighted by Gasteiger charge is -2.12. The van der Waals surface area contributed by atoms with Gasteiger partial charge in [0, 0.05) is 0 Å². The molecule has 0 aliphatic carbocycles. The van der Waals surface area contributed by atoms with Gasteiger partial charge in [0.25, 0.3) is 5.56 Å². The molecule has 170 valence electrons. The molecule has 1 heterocycles. The third kappa shape index (κ3) is 8.01. The van der Waals surface area contributed by atoms with Gasteiger partial charge in [-0.3, -0.25) is 4.79 Å². The lowest BCUT2D eigenvalue weighted by molar-refractivity contribution is 0.270. The predicted molar refractivity (Wildman–Crippen MR) is 127 cm³/mol. The minimum atomic E-state index is -0.282. The van der Waals surface area contributed by atoms with Crippen LogP contribution < -0.4 is 15.0 Å². The third-order valence-corrected chi connectivity index (χ3v) is 5.37. The fraction of sp³-hybridized carbons (Fsp3) is 0.565. The molecule has 0 amide bonds. The Kier molecular flexibility index (Phi) is 11.1. The molecular formula is C23H34N4O3S. The number of hydrogen-bond acceptors (Lipinski definition) is 7. The number of rotatable bonds is 14. The van der Waals surface area contributed by atoms with Crippen LogP contribution in [0.25, 0.3) is 0 Å². The Balaban J connectivity index is 2.01. The number of nitrogens with zero attached hydrogens (tertiary/aromatic N) is 4. The highest BCUT2D eigenvalue weighted by Crippen LogP contribution is 2.28. The SMILES string of the molecule is CCCCCCCCCOc1ccc(/C=N\n2c(SC)nnc(C)c2=O)cc1OCC. The zero-order valence-corrected chi connectivity index (χ0v) is 19.9. The fourth-order valence-corrected chi connectivity index (χ4v) is 3.46. The summed E-state index contributed by atoms with van der Waals surface area (Å²) < 4.78 is 13.0. The summed E-state index contributed by atoms with van der Waals surface area (Å²) in [7, 11) is 0. The van der Waals surface area contributed by atoms with Gasteiger partial charge in [-0.25, -0.2) is 0 Å². The zero-order chi connectivity index (χ0) is 22.5. The lowest BCUT2D eigenvalue weighted by Crippen LogP contribution is -2.23. The fourth-order valence-electron chi connectivity index (χ4n) is 3.03. The van der Waals surface area contributed by atoms with Gasteiger partial charge < -0.3 is 9.47 Å². The van der Waals surface area contributed by atoms with Gasteiger partial charge in [0.1, 0.15) is 5.69 Å². The second-order valence-corrected chi connectivity index (χ2v) is 8.02. The van der Waals surface area contributed by atoms with Crippen LogP contribution in [0.4, 0.5) is 0 Å². The quantitative estimate of drug-likeness (QED) is 0.229. The summed E-state index contributed by atoms with van der Waals surface area (Å²) in [5.41, 5.74) is 0.828. The van der Waals surface area contributed by atoms with Crippen molar-refractivity contribution in [2.75, 3.05) is 19.5 Å². The normalized spacial score (nSPS) is 11.2. The number of benzene rings is 1. The van der Waals surface area contributed by atoms with E-state index in [2.05, 4.69) is 22.2 Å². The number of unbranched alkanes of at least 4 members (excludes halogenated alkanes) is 6. The summed E-state index contributed by atoms with van der Waals surface area (Å²) in [6.45, 7) is 7.01. The van der Waals surface area contributed by atoms with Crippen molar-refractivity contribution in [2.24, 2.45) is 5.10 Å². The van der Waals surface area contributed by atoms with Crippen molar-refractivity contribution < 1.29 is 9.47 Å². The molecule has 0 aliphatic rings. The van der Waals surface area contributed by atoms with Gasteiger partial charge in [0.15, 0.2) is 11.5 Å². The van der Waals surface area contributed by atoms with Gasteiger partial charge in [-0.2, -0.15) is 9.78 Å². The van der Waals surface area contributed by atoms with Gasteiger partial charge >= 0.3 is 0 Å². The second-order valence-electron chi connectivity index (χ2n) is 7.24. The van der Waals surface area contributed by atoms with Crippen LogP contribution in [-0.2, 0) is 0 Å². The minimum absolute atomic E-state index is 0.282. The van der Waals surface area contributed by atoms with Crippen LogP contribution >= 0.6 is 11.8 Å². The van der Waals surface area contributed by atoms with E-state index in [-0.39, 0.29) is 5.56 Å². The Labute approximate surface area is 189 Å². The Morgan fingerprint density at radius 2 is 1.77 bits per heavy atom. The summed E-state index contributed by atoms with van der Waals surface area (Å²) >= 11 is 1.32. The van der Waals surface area contributed by atoms with E-state index in [1.54, 1.807) is 13.1 Å². The monoisotopic (exact) mass is 446 g/mol. The predicted octanol–water partition coefficient (Wildman–Crippen LogP) is 5.08. The van der Waals surface area contributed by atoms with Crippen molar-refractivity contribution in [1.29, 1.82) is 0 Å². The highest BCUT2D eigenvalue weighted by molar-refractivity contribution is 7.98. The first-order valence-electron chi connectivity index (χ1n) is 11.0. The maximum absolute atomic E-state index is 12.3. The van der Waals surface area contributed by atoms with Crippen LogP contribution in [0.5, 0.6) is 11.5 Å². The number of ether oxygens (including phenoxy) is 2. The van der Waals surface area contributed by atoms with Crippen LogP contribution in [-0.4, -0.2) is 40.6 Å². The summed E-state index contributed by atoms with van der Waals surface area (Å²) in [6.07, 6.45) is 12.2. The molecule has 0 bridgehead atoms. The van der Waals surface area contributed by atoms with Gasteiger partial charge in [-0.05, 0) is 50.3 Å². The van der Waals surface area contributed by atoms with Crippen molar-refractivity contribution in [3.05, 3.63) is 39.8 Å². The molecule has 0 radical (unpaired) electrons. The highest BCUT2D eigenvalue weighted by atomic mass is 32.2. The van der Waals surface area contributed by atoms with Crippen molar-refractivity contribution in [3.8, 4) is 11.5 Å². The van der Waals surface area contributed by atoms with Crippen LogP contribution in [0.1, 0.15) is 70.1 Å². The van der Waals surface area contributed by atoms with E-state index in [0.29, 0.717) is 29.8 Å². The summed E-state index contributed by atoms with van der Waals surface area (Å²) in [5.74, 6) is 1.41. The first-order chi connectivity index (χ1) is 15.1. The average molecular weight is 447 g/mol. The lowest BCUT2D eigenvalue weighted by atomic mass is 10.1. The van der Waals surface area contributed by atoms with Crippen molar-refractivity contribution in [1.82, 2.24) is 14.9 Å². The summed E-state index contributed by atoms with van der Waals surface area (Å²) in [4.78, 5) is 12.3. The standard InChI is InChI=1S/C23H34N4O3S/c1-5-7-8-9-10-11-12-15-30-20-14-13-19(16-21(20)29-6-2)17-24-27-22(28)18(3)25-26-23(27)31-4/h13-14,16-17H,5-12,15H2,1-4H3/b24-17-. The number of aryl methyl sites for hydroxylation is 1. The highest BCUT2D eigenvalue weighted by Gasteiger charge is 2.09. The van der Waals surface area contributed by atoms with Crippen molar-refractivity contribution in [2.45, 2.75) is 70.9 Å². The number of hydrogen-bond donors (Lipinski definition) is 0. The Bertz CT molecular complexity index is 899. The molecule has 8 heteroatoms. The van der Waals surface area contributed by atoms with Crippen LogP contribution in [0, 0.1) is 6.92 Å².